The average Bonchev–Trinajstić information content (AvgIpc) is 2.60. The van der Waals surface area contributed by atoms with E-state index in [1.165, 1.54) is 26.5 Å². The lowest BCUT2D eigenvalue weighted by Crippen LogP contribution is -2.07. The van der Waals surface area contributed by atoms with Crippen LogP contribution in [0, 0.1) is 0 Å². The van der Waals surface area contributed by atoms with Crippen molar-refractivity contribution in [3.63, 3.8) is 0 Å². The largest absolute Gasteiger partial charge is 0.481 e. The molecule has 2 rings (SSSR count). The van der Waals surface area contributed by atoms with Crippen LogP contribution in [0.4, 0.5) is 0 Å². The number of aromatic nitrogens is 3. The number of rotatable bonds is 8. The molecule has 128 valence electrons. The summed E-state index contributed by atoms with van der Waals surface area (Å²) in [7, 11) is 2.90. The summed E-state index contributed by atoms with van der Waals surface area (Å²) in [6, 6.07) is 3.15. The summed E-state index contributed by atoms with van der Waals surface area (Å²) >= 11 is 0. The topological polar surface area (TPSA) is 104 Å². The van der Waals surface area contributed by atoms with E-state index < -0.39 is 5.97 Å². The monoisotopic (exact) mass is 333 g/mol. The molecule has 8 nitrogen and oxygen atoms in total. The van der Waals surface area contributed by atoms with Crippen LogP contribution in [-0.4, -0.2) is 40.2 Å². The Kier molecular flexibility index (Phi) is 5.89. The zero-order valence-corrected chi connectivity index (χ0v) is 13.8. The number of carboxylic acid groups (broad SMARTS) is 1. The van der Waals surface area contributed by atoms with Gasteiger partial charge in [0, 0.05) is 6.20 Å². The molecule has 0 saturated heterocycles. The van der Waals surface area contributed by atoms with E-state index in [1.54, 1.807) is 6.07 Å². The van der Waals surface area contributed by atoms with Crippen molar-refractivity contribution in [2.75, 3.05) is 14.2 Å². The van der Waals surface area contributed by atoms with Crippen molar-refractivity contribution in [3.8, 4) is 23.5 Å². The molecule has 0 aromatic carbocycles. The molecule has 0 atom stereocenters. The summed E-state index contributed by atoms with van der Waals surface area (Å²) in [6.45, 7) is 2.05. The standard InChI is InChI=1S/C16H19N3O5/c1-4-5-6-10-7-8-17-13(15(20)21)14(10)24-16-18-11(22-2)9-12(19-16)23-3/h7-9H,4-6H2,1-3H3,(H,20,21). The summed E-state index contributed by atoms with van der Waals surface area (Å²) in [6.07, 6.45) is 3.97. The number of methoxy groups -OCH3 is 2. The second-order valence-electron chi connectivity index (χ2n) is 4.89. The number of hydrogen-bond acceptors (Lipinski definition) is 7. The van der Waals surface area contributed by atoms with Gasteiger partial charge in [-0.15, -0.1) is 0 Å². The fourth-order valence-electron chi connectivity index (χ4n) is 2.05. The minimum atomic E-state index is -1.18. The molecular formula is C16H19N3O5. The van der Waals surface area contributed by atoms with Crippen molar-refractivity contribution in [2.45, 2.75) is 26.2 Å². The van der Waals surface area contributed by atoms with Crippen LogP contribution in [0.3, 0.4) is 0 Å². The normalized spacial score (nSPS) is 10.3. The Hall–Kier alpha value is -2.90. The molecule has 1 N–H and O–H groups in total. The van der Waals surface area contributed by atoms with Gasteiger partial charge in [0.2, 0.25) is 11.8 Å². The van der Waals surface area contributed by atoms with Gasteiger partial charge in [-0.2, -0.15) is 9.97 Å². The Morgan fingerprint density at radius 1 is 1.21 bits per heavy atom. The quantitative estimate of drug-likeness (QED) is 0.786. The van der Waals surface area contributed by atoms with E-state index in [2.05, 4.69) is 21.9 Å². The second-order valence-corrected chi connectivity index (χ2v) is 4.89. The molecule has 2 aromatic heterocycles. The number of nitrogens with zero attached hydrogens (tertiary/aromatic N) is 3. The molecule has 0 unspecified atom stereocenters. The molecule has 0 radical (unpaired) electrons. The molecule has 0 amide bonds. The third-order valence-electron chi connectivity index (χ3n) is 3.26. The van der Waals surface area contributed by atoms with E-state index in [0.717, 1.165) is 18.4 Å². The molecule has 0 aliphatic rings. The van der Waals surface area contributed by atoms with Gasteiger partial charge in [-0.05, 0) is 24.5 Å². The highest BCUT2D eigenvalue weighted by molar-refractivity contribution is 5.89. The SMILES string of the molecule is CCCCc1ccnc(C(=O)O)c1Oc1nc(OC)cc(OC)n1. The molecule has 0 aliphatic carbocycles. The molecule has 0 saturated carbocycles. The van der Waals surface area contributed by atoms with Gasteiger partial charge >= 0.3 is 12.0 Å². The smallest absolute Gasteiger partial charge is 0.358 e. The number of aromatic carboxylic acids is 1. The molecule has 2 heterocycles. The lowest BCUT2D eigenvalue weighted by atomic mass is 10.1. The lowest BCUT2D eigenvalue weighted by molar-refractivity contribution is 0.0687. The first-order valence-corrected chi connectivity index (χ1v) is 7.45. The first kappa shape index (κ1) is 17.5. The number of carboxylic acids is 1. The van der Waals surface area contributed by atoms with Crippen LogP contribution >= 0.6 is 0 Å². The van der Waals surface area contributed by atoms with Crippen molar-refractivity contribution >= 4 is 5.97 Å². The van der Waals surface area contributed by atoms with E-state index in [0.29, 0.717) is 6.42 Å². The Balaban J connectivity index is 2.45. The van der Waals surface area contributed by atoms with Gasteiger partial charge in [0.25, 0.3) is 0 Å². The molecule has 8 heteroatoms. The zero-order chi connectivity index (χ0) is 17.5. The van der Waals surface area contributed by atoms with Crippen LogP contribution in [0.25, 0.3) is 0 Å². The highest BCUT2D eigenvalue weighted by Crippen LogP contribution is 2.29. The predicted octanol–water partition coefficient (Wildman–Crippen LogP) is 2.72. The van der Waals surface area contributed by atoms with Gasteiger partial charge in [0.1, 0.15) is 0 Å². The molecule has 0 bridgehead atoms. The highest BCUT2D eigenvalue weighted by atomic mass is 16.5. The second kappa shape index (κ2) is 8.09. The van der Waals surface area contributed by atoms with Crippen LogP contribution in [-0.2, 0) is 6.42 Å². The van der Waals surface area contributed by atoms with Gasteiger partial charge in [-0.25, -0.2) is 9.78 Å². The molecular weight excluding hydrogens is 314 g/mol. The van der Waals surface area contributed by atoms with Crippen LogP contribution in [0.2, 0.25) is 0 Å². The average molecular weight is 333 g/mol. The predicted molar refractivity (Wildman–Crippen MR) is 85.0 cm³/mol. The van der Waals surface area contributed by atoms with Crippen molar-refractivity contribution < 1.29 is 24.1 Å². The Morgan fingerprint density at radius 2 is 1.88 bits per heavy atom. The van der Waals surface area contributed by atoms with Gasteiger partial charge in [0.05, 0.1) is 20.3 Å². The summed E-state index contributed by atoms with van der Waals surface area (Å²) in [5.41, 5.74) is 0.545. The van der Waals surface area contributed by atoms with Crippen LogP contribution in [0.15, 0.2) is 18.3 Å². The third kappa shape index (κ3) is 4.09. The number of ether oxygens (including phenoxy) is 3. The number of unbranched alkanes of at least 4 members (excludes halogenated alkanes) is 1. The van der Waals surface area contributed by atoms with E-state index in [4.69, 9.17) is 14.2 Å². The van der Waals surface area contributed by atoms with E-state index >= 15 is 0 Å². The number of hydrogen-bond donors (Lipinski definition) is 1. The summed E-state index contributed by atoms with van der Waals surface area (Å²) in [4.78, 5) is 23.5. The van der Waals surface area contributed by atoms with Gasteiger partial charge in [-0.3, -0.25) is 0 Å². The van der Waals surface area contributed by atoms with Crippen molar-refractivity contribution in [3.05, 3.63) is 29.6 Å². The number of pyridine rings is 1. The number of aryl methyl sites for hydroxylation is 1. The zero-order valence-electron chi connectivity index (χ0n) is 13.8. The summed E-state index contributed by atoms with van der Waals surface area (Å²) in [5.74, 6) is -0.563. The van der Waals surface area contributed by atoms with Crippen molar-refractivity contribution in [1.82, 2.24) is 15.0 Å². The van der Waals surface area contributed by atoms with Crippen LogP contribution < -0.4 is 14.2 Å². The van der Waals surface area contributed by atoms with E-state index in [9.17, 15) is 9.90 Å². The van der Waals surface area contributed by atoms with Gasteiger partial charge in [-0.1, -0.05) is 13.3 Å². The third-order valence-corrected chi connectivity index (χ3v) is 3.26. The maximum absolute atomic E-state index is 11.5. The molecule has 0 spiro atoms. The fourth-order valence-corrected chi connectivity index (χ4v) is 2.05. The Bertz CT molecular complexity index is 699. The lowest BCUT2D eigenvalue weighted by Gasteiger charge is -2.12. The molecule has 0 fully saturated rings. The van der Waals surface area contributed by atoms with Crippen LogP contribution in [0.1, 0.15) is 35.8 Å². The van der Waals surface area contributed by atoms with Crippen LogP contribution in [0.5, 0.6) is 23.5 Å². The van der Waals surface area contributed by atoms with Crippen molar-refractivity contribution in [2.24, 2.45) is 0 Å². The van der Waals surface area contributed by atoms with E-state index in [1.807, 2.05) is 0 Å². The maximum atomic E-state index is 11.5. The van der Waals surface area contributed by atoms with Crippen molar-refractivity contribution in [1.29, 1.82) is 0 Å². The summed E-state index contributed by atoms with van der Waals surface area (Å²) in [5, 5.41) is 9.36. The first-order chi connectivity index (χ1) is 11.6. The summed E-state index contributed by atoms with van der Waals surface area (Å²) < 4.78 is 15.8. The van der Waals surface area contributed by atoms with Gasteiger partial charge in [0.15, 0.2) is 11.4 Å². The highest BCUT2D eigenvalue weighted by Gasteiger charge is 2.20. The molecule has 2 aromatic rings. The van der Waals surface area contributed by atoms with Gasteiger partial charge < -0.3 is 19.3 Å². The molecule has 0 aliphatic heterocycles. The van der Waals surface area contributed by atoms with E-state index in [-0.39, 0.29) is 29.2 Å². The Labute approximate surface area is 139 Å². The molecule has 24 heavy (non-hydrogen) atoms. The minimum Gasteiger partial charge on any atom is -0.481 e. The first-order valence-electron chi connectivity index (χ1n) is 7.45. The fraction of sp³-hybridized carbons (Fsp3) is 0.375. The number of carbonyl (C=O) groups is 1. The minimum absolute atomic E-state index is 0.0700. The maximum Gasteiger partial charge on any atom is 0.358 e. The Morgan fingerprint density at radius 3 is 2.42 bits per heavy atom.